The summed E-state index contributed by atoms with van der Waals surface area (Å²) in [5.41, 5.74) is 1.33. The van der Waals surface area contributed by atoms with E-state index in [1.165, 1.54) is 18.4 Å². The zero-order valence-electron chi connectivity index (χ0n) is 12.5. The molecule has 0 bridgehead atoms. The van der Waals surface area contributed by atoms with Crippen molar-refractivity contribution in [2.24, 2.45) is 5.92 Å². The van der Waals surface area contributed by atoms with E-state index in [1.807, 2.05) is 0 Å². The molecule has 0 amide bonds. The van der Waals surface area contributed by atoms with Crippen molar-refractivity contribution in [2.45, 2.75) is 46.6 Å². The SMILES string of the molecule is C=CNC(C)/C=C\C(C)=C/C(C)CCNCCC. The van der Waals surface area contributed by atoms with Crippen LogP contribution in [0.5, 0.6) is 0 Å². The number of nitrogens with one attached hydrogen (secondary N) is 2. The summed E-state index contributed by atoms with van der Waals surface area (Å²) in [6.45, 7) is 14.6. The van der Waals surface area contributed by atoms with Crippen molar-refractivity contribution in [1.29, 1.82) is 0 Å². The summed E-state index contributed by atoms with van der Waals surface area (Å²) < 4.78 is 0. The van der Waals surface area contributed by atoms with E-state index in [0.717, 1.165) is 13.1 Å². The predicted octanol–water partition coefficient (Wildman–Crippen LogP) is 3.64. The van der Waals surface area contributed by atoms with E-state index in [-0.39, 0.29) is 0 Å². The van der Waals surface area contributed by atoms with Crippen molar-refractivity contribution >= 4 is 0 Å². The summed E-state index contributed by atoms with van der Waals surface area (Å²) in [6.07, 6.45) is 10.8. The van der Waals surface area contributed by atoms with E-state index in [4.69, 9.17) is 0 Å². The van der Waals surface area contributed by atoms with Crippen LogP contribution in [0.1, 0.15) is 40.5 Å². The van der Waals surface area contributed by atoms with Gasteiger partial charge in [0.2, 0.25) is 0 Å². The molecule has 0 aliphatic heterocycles. The van der Waals surface area contributed by atoms with Crippen LogP contribution in [0.2, 0.25) is 0 Å². The lowest BCUT2D eigenvalue weighted by Crippen LogP contribution is -2.17. The van der Waals surface area contributed by atoms with Gasteiger partial charge in [-0.15, -0.1) is 0 Å². The Morgan fingerprint density at radius 1 is 1.28 bits per heavy atom. The Kier molecular flexibility index (Phi) is 10.5. The molecule has 0 aromatic carbocycles. The number of hydrogen-bond donors (Lipinski definition) is 2. The Morgan fingerprint density at radius 2 is 2.00 bits per heavy atom. The van der Waals surface area contributed by atoms with Crippen LogP contribution in [0.15, 0.2) is 36.6 Å². The third-order valence-electron chi connectivity index (χ3n) is 2.78. The average Bonchev–Trinajstić information content (AvgIpc) is 2.32. The van der Waals surface area contributed by atoms with E-state index in [1.54, 1.807) is 6.20 Å². The minimum atomic E-state index is 0.340. The van der Waals surface area contributed by atoms with Gasteiger partial charge < -0.3 is 10.6 Å². The quantitative estimate of drug-likeness (QED) is 0.457. The summed E-state index contributed by atoms with van der Waals surface area (Å²) in [7, 11) is 0. The first-order chi connectivity index (χ1) is 8.60. The molecule has 2 atom stereocenters. The van der Waals surface area contributed by atoms with Gasteiger partial charge in [-0.25, -0.2) is 0 Å². The Morgan fingerprint density at radius 3 is 2.61 bits per heavy atom. The highest BCUT2D eigenvalue weighted by Gasteiger charge is 1.98. The highest BCUT2D eigenvalue weighted by Crippen LogP contribution is 2.08. The first-order valence-corrected chi connectivity index (χ1v) is 7.04. The molecule has 0 spiro atoms. The zero-order valence-corrected chi connectivity index (χ0v) is 12.5. The van der Waals surface area contributed by atoms with E-state index in [0.29, 0.717) is 12.0 Å². The second-order valence-electron chi connectivity index (χ2n) is 4.95. The van der Waals surface area contributed by atoms with Crippen LogP contribution < -0.4 is 10.6 Å². The monoisotopic (exact) mass is 250 g/mol. The summed E-state index contributed by atoms with van der Waals surface area (Å²) in [4.78, 5) is 0. The van der Waals surface area contributed by atoms with Gasteiger partial charge in [-0.05, 0) is 51.9 Å². The van der Waals surface area contributed by atoms with Crippen LogP contribution in [0.3, 0.4) is 0 Å². The maximum absolute atomic E-state index is 3.66. The molecule has 0 aliphatic rings. The lowest BCUT2D eigenvalue weighted by Gasteiger charge is -2.09. The van der Waals surface area contributed by atoms with E-state index >= 15 is 0 Å². The van der Waals surface area contributed by atoms with Crippen LogP contribution in [0.4, 0.5) is 0 Å². The first-order valence-electron chi connectivity index (χ1n) is 7.04. The van der Waals surface area contributed by atoms with Gasteiger partial charge in [0.05, 0.1) is 0 Å². The molecule has 2 N–H and O–H groups in total. The molecule has 18 heavy (non-hydrogen) atoms. The zero-order chi connectivity index (χ0) is 13.8. The molecule has 0 saturated heterocycles. The Balaban J connectivity index is 3.95. The fourth-order valence-electron chi connectivity index (χ4n) is 1.76. The Labute approximate surface area is 113 Å². The van der Waals surface area contributed by atoms with Crippen molar-refractivity contribution in [3.8, 4) is 0 Å². The van der Waals surface area contributed by atoms with Gasteiger partial charge in [0.25, 0.3) is 0 Å². The molecule has 0 aliphatic carbocycles. The molecule has 0 heterocycles. The highest BCUT2D eigenvalue weighted by atomic mass is 14.9. The van der Waals surface area contributed by atoms with E-state index in [2.05, 4.69) is 63.1 Å². The number of hydrogen-bond acceptors (Lipinski definition) is 2. The maximum Gasteiger partial charge on any atom is 0.0413 e. The topological polar surface area (TPSA) is 24.1 Å². The predicted molar refractivity (Wildman–Crippen MR) is 82.6 cm³/mol. The minimum Gasteiger partial charge on any atom is -0.385 e. The molecule has 0 fully saturated rings. The minimum absolute atomic E-state index is 0.340. The standard InChI is InChI=1S/C16H30N2/c1-6-11-17-12-10-15(4)13-14(3)8-9-16(5)18-7-2/h7-9,13,15-18H,2,6,10-12H2,1,3-5H3/b9-8-,14-13-. The van der Waals surface area contributed by atoms with Gasteiger partial charge in [-0.3, -0.25) is 0 Å². The van der Waals surface area contributed by atoms with Crippen LogP contribution in [-0.4, -0.2) is 19.1 Å². The summed E-state index contributed by atoms with van der Waals surface area (Å²) in [5, 5.41) is 6.58. The van der Waals surface area contributed by atoms with Gasteiger partial charge in [0.1, 0.15) is 0 Å². The molecule has 0 saturated carbocycles. The van der Waals surface area contributed by atoms with Crippen molar-refractivity contribution in [3.05, 3.63) is 36.6 Å². The summed E-state index contributed by atoms with van der Waals surface area (Å²) in [5.74, 6) is 0.627. The molecule has 2 unspecified atom stereocenters. The second kappa shape index (κ2) is 11.1. The van der Waals surface area contributed by atoms with Gasteiger partial charge in [0.15, 0.2) is 0 Å². The van der Waals surface area contributed by atoms with Crippen LogP contribution in [0, 0.1) is 5.92 Å². The fourth-order valence-corrected chi connectivity index (χ4v) is 1.76. The van der Waals surface area contributed by atoms with Crippen LogP contribution in [0.25, 0.3) is 0 Å². The van der Waals surface area contributed by atoms with Gasteiger partial charge in [-0.1, -0.05) is 44.2 Å². The number of rotatable bonds is 10. The molecule has 2 nitrogen and oxygen atoms in total. The Bertz CT molecular complexity index is 266. The van der Waals surface area contributed by atoms with Crippen LogP contribution >= 0.6 is 0 Å². The van der Waals surface area contributed by atoms with Gasteiger partial charge in [0, 0.05) is 6.04 Å². The maximum atomic E-state index is 3.66. The molecule has 0 rings (SSSR count). The van der Waals surface area contributed by atoms with Crippen molar-refractivity contribution in [3.63, 3.8) is 0 Å². The van der Waals surface area contributed by atoms with Crippen molar-refractivity contribution < 1.29 is 0 Å². The van der Waals surface area contributed by atoms with Crippen LogP contribution in [-0.2, 0) is 0 Å². The summed E-state index contributed by atoms with van der Waals surface area (Å²) >= 11 is 0. The van der Waals surface area contributed by atoms with Gasteiger partial charge >= 0.3 is 0 Å². The third-order valence-corrected chi connectivity index (χ3v) is 2.78. The normalized spacial score (nSPS) is 15.7. The molecule has 0 aromatic rings. The first kappa shape index (κ1) is 17.0. The van der Waals surface area contributed by atoms with Gasteiger partial charge in [-0.2, -0.15) is 0 Å². The molecule has 104 valence electrons. The molecule has 2 heteroatoms. The smallest absolute Gasteiger partial charge is 0.0413 e. The van der Waals surface area contributed by atoms with Crippen molar-refractivity contribution in [2.75, 3.05) is 13.1 Å². The molecule has 0 radical (unpaired) electrons. The fraction of sp³-hybridized carbons (Fsp3) is 0.625. The van der Waals surface area contributed by atoms with E-state index in [9.17, 15) is 0 Å². The molecular formula is C16H30N2. The third kappa shape index (κ3) is 10.2. The summed E-state index contributed by atoms with van der Waals surface area (Å²) in [6, 6.07) is 0.340. The largest absolute Gasteiger partial charge is 0.385 e. The Hall–Kier alpha value is -1.02. The molecule has 0 aromatic heterocycles. The number of allylic oxidation sites excluding steroid dienone is 3. The average molecular weight is 250 g/mol. The lowest BCUT2D eigenvalue weighted by molar-refractivity contribution is 0.571. The van der Waals surface area contributed by atoms with E-state index < -0.39 is 0 Å². The highest BCUT2D eigenvalue weighted by molar-refractivity contribution is 5.18. The second-order valence-corrected chi connectivity index (χ2v) is 4.95. The lowest BCUT2D eigenvalue weighted by atomic mass is 10.0. The van der Waals surface area contributed by atoms with Crippen molar-refractivity contribution in [1.82, 2.24) is 10.6 Å². The molecular weight excluding hydrogens is 220 g/mol.